The lowest BCUT2D eigenvalue weighted by molar-refractivity contribution is 0.0814. The van der Waals surface area contributed by atoms with Gasteiger partial charge >= 0.3 is 0 Å². The maximum atomic E-state index is 12.0. The highest BCUT2D eigenvalue weighted by Crippen LogP contribution is 2.18. The van der Waals surface area contributed by atoms with Gasteiger partial charge < -0.3 is 10.4 Å². The largest absolute Gasteiger partial charge is 0.391 e. The van der Waals surface area contributed by atoms with E-state index in [9.17, 15) is 9.90 Å². The SMILES string of the molecule is O=C(NC1CCCCCC1O)c1cccc(Br)n1. The molecule has 0 saturated heterocycles. The molecule has 2 N–H and O–H groups in total. The number of hydrogen-bond donors (Lipinski definition) is 2. The fraction of sp³-hybridized carbons (Fsp3) is 0.538. The van der Waals surface area contributed by atoms with E-state index >= 15 is 0 Å². The molecule has 0 radical (unpaired) electrons. The second-order valence-electron chi connectivity index (χ2n) is 4.63. The molecule has 1 heterocycles. The topological polar surface area (TPSA) is 62.2 Å². The van der Waals surface area contributed by atoms with E-state index < -0.39 is 6.10 Å². The van der Waals surface area contributed by atoms with Gasteiger partial charge in [-0.3, -0.25) is 4.79 Å². The highest BCUT2D eigenvalue weighted by atomic mass is 79.9. The molecule has 0 aromatic carbocycles. The number of aliphatic hydroxyl groups excluding tert-OH is 1. The van der Waals surface area contributed by atoms with Crippen LogP contribution in [-0.2, 0) is 0 Å². The second-order valence-corrected chi connectivity index (χ2v) is 5.44. The first-order valence-corrected chi connectivity index (χ1v) is 7.07. The molecule has 1 aromatic heterocycles. The zero-order chi connectivity index (χ0) is 13.0. The van der Waals surface area contributed by atoms with Crippen molar-refractivity contribution in [3.63, 3.8) is 0 Å². The van der Waals surface area contributed by atoms with Crippen molar-refractivity contribution in [1.29, 1.82) is 0 Å². The average molecular weight is 313 g/mol. The number of carbonyl (C=O) groups excluding carboxylic acids is 1. The molecule has 1 aliphatic rings. The van der Waals surface area contributed by atoms with Crippen LogP contribution in [0.5, 0.6) is 0 Å². The van der Waals surface area contributed by atoms with Crippen LogP contribution in [-0.4, -0.2) is 28.1 Å². The summed E-state index contributed by atoms with van der Waals surface area (Å²) in [7, 11) is 0. The van der Waals surface area contributed by atoms with Crippen molar-refractivity contribution in [2.24, 2.45) is 0 Å². The van der Waals surface area contributed by atoms with Crippen LogP contribution in [0.25, 0.3) is 0 Å². The van der Waals surface area contributed by atoms with E-state index in [4.69, 9.17) is 0 Å². The summed E-state index contributed by atoms with van der Waals surface area (Å²) < 4.78 is 0.636. The Balaban J connectivity index is 2.01. The standard InChI is InChI=1S/C13H17BrN2O2/c14-12-8-4-6-10(15-12)13(18)16-9-5-2-1-3-7-11(9)17/h4,6,8-9,11,17H,1-3,5,7H2,(H,16,18). The predicted octanol–water partition coefficient (Wildman–Crippen LogP) is 2.27. The van der Waals surface area contributed by atoms with Crippen LogP contribution in [0, 0.1) is 0 Å². The van der Waals surface area contributed by atoms with Gasteiger partial charge in [0.1, 0.15) is 10.3 Å². The fourth-order valence-electron chi connectivity index (χ4n) is 2.23. The Labute approximate surface area is 115 Å². The molecule has 1 aliphatic carbocycles. The minimum absolute atomic E-state index is 0.152. The summed E-state index contributed by atoms with van der Waals surface area (Å²) in [5, 5.41) is 12.8. The molecule has 1 aromatic rings. The lowest BCUT2D eigenvalue weighted by Gasteiger charge is -2.21. The molecule has 0 bridgehead atoms. The molecule has 1 fully saturated rings. The Morgan fingerprint density at radius 2 is 2.11 bits per heavy atom. The zero-order valence-corrected chi connectivity index (χ0v) is 11.7. The lowest BCUT2D eigenvalue weighted by atomic mass is 10.1. The molecule has 5 heteroatoms. The maximum absolute atomic E-state index is 12.0. The van der Waals surface area contributed by atoms with Crippen molar-refractivity contribution in [2.75, 3.05) is 0 Å². The molecule has 4 nitrogen and oxygen atoms in total. The van der Waals surface area contributed by atoms with Gasteiger partial charge in [0.15, 0.2) is 0 Å². The second kappa shape index (κ2) is 6.29. The van der Waals surface area contributed by atoms with Gasteiger partial charge in [0, 0.05) is 0 Å². The molecular formula is C13H17BrN2O2. The van der Waals surface area contributed by atoms with Crippen molar-refractivity contribution >= 4 is 21.8 Å². The number of nitrogens with one attached hydrogen (secondary N) is 1. The first kappa shape index (κ1) is 13.5. The normalized spacial score (nSPS) is 24.3. The average Bonchev–Trinajstić information content (AvgIpc) is 2.55. The number of amides is 1. The van der Waals surface area contributed by atoms with Crippen molar-refractivity contribution in [1.82, 2.24) is 10.3 Å². The van der Waals surface area contributed by atoms with Gasteiger partial charge in [-0.25, -0.2) is 4.98 Å². The quantitative estimate of drug-likeness (QED) is 0.650. The minimum atomic E-state index is -0.441. The molecule has 2 atom stereocenters. The van der Waals surface area contributed by atoms with E-state index in [1.54, 1.807) is 18.2 Å². The predicted molar refractivity (Wildman–Crippen MR) is 72.3 cm³/mol. The summed E-state index contributed by atoms with van der Waals surface area (Å²) in [4.78, 5) is 16.1. The Bertz CT molecular complexity index is 425. The van der Waals surface area contributed by atoms with Crippen molar-refractivity contribution in [3.05, 3.63) is 28.5 Å². The minimum Gasteiger partial charge on any atom is -0.391 e. The first-order valence-electron chi connectivity index (χ1n) is 6.28. The van der Waals surface area contributed by atoms with E-state index in [1.807, 2.05) is 0 Å². The van der Waals surface area contributed by atoms with E-state index in [2.05, 4.69) is 26.2 Å². The number of nitrogens with zero attached hydrogens (tertiary/aromatic N) is 1. The highest BCUT2D eigenvalue weighted by molar-refractivity contribution is 9.10. The molecule has 0 aliphatic heterocycles. The Morgan fingerprint density at radius 1 is 1.33 bits per heavy atom. The molecule has 1 saturated carbocycles. The summed E-state index contributed by atoms with van der Waals surface area (Å²) in [5.74, 6) is -0.220. The lowest BCUT2D eigenvalue weighted by Crippen LogP contribution is -2.42. The van der Waals surface area contributed by atoms with Crippen LogP contribution in [0.15, 0.2) is 22.8 Å². The fourth-order valence-corrected chi connectivity index (χ4v) is 2.58. The third kappa shape index (κ3) is 3.53. The van der Waals surface area contributed by atoms with Gasteiger partial charge in [-0.1, -0.05) is 25.3 Å². The number of aliphatic hydroxyl groups is 1. The van der Waals surface area contributed by atoms with Crippen LogP contribution in [0.1, 0.15) is 42.6 Å². The summed E-state index contributed by atoms with van der Waals surface area (Å²) in [6.07, 6.45) is 4.36. The van der Waals surface area contributed by atoms with Crippen LogP contribution in [0.3, 0.4) is 0 Å². The number of aromatic nitrogens is 1. The monoisotopic (exact) mass is 312 g/mol. The number of pyridine rings is 1. The maximum Gasteiger partial charge on any atom is 0.270 e. The van der Waals surface area contributed by atoms with Gasteiger partial charge in [-0.2, -0.15) is 0 Å². The summed E-state index contributed by atoms with van der Waals surface area (Å²) in [6, 6.07) is 5.07. The van der Waals surface area contributed by atoms with E-state index in [1.165, 1.54) is 0 Å². The molecular weight excluding hydrogens is 296 g/mol. The Kier molecular flexibility index (Phi) is 4.72. The summed E-state index contributed by atoms with van der Waals surface area (Å²) in [6.45, 7) is 0. The van der Waals surface area contributed by atoms with Crippen molar-refractivity contribution in [2.45, 2.75) is 44.2 Å². The van der Waals surface area contributed by atoms with Crippen molar-refractivity contribution < 1.29 is 9.90 Å². The smallest absolute Gasteiger partial charge is 0.270 e. The van der Waals surface area contributed by atoms with E-state index in [-0.39, 0.29) is 11.9 Å². The van der Waals surface area contributed by atoms with E-state index in [0.717, 1.165) is 32.1 Å². The van der Waals surface area contributed by atoms with Crippen molar-refractivity contribution in [3.8, 4) is 0 Å². The molecule has 0 spiro atoms. The molecule has 2 unspecified atom stereocenters. The van der Waals surface area contributed by atoms with Gasteiger partial charge in [-0.05, 0) is 40.9 Å². The van der Waals surface area contributed by atoms with Crippen LogP contribution < -0.4 is 5.32 Å². The van der Waals surface area contributed by atoms with Crippen LogP contribution >= 0.6 is 15.9 Å². The van der Waals surface area contributed by atoms with Gasteiger partial charge in [-0.15, -0.1) is 0 Å². The Morgan fingerprint density at radius 3 is 2.89 bits per heavy atom. The zero-order valence-electron chi connectivity index (χ0n) is 10.1. The number of rotatable bonds is 2. The molecule has 18 heavy (non-hydrogen) atoms. The van der Waals surface area contributed by atoms with Gasteiger partial charge in [0.25, 0.3) is 5.91 Å². The summed E-state index contributed by atoms with van der Waals surface area (Å²) >= 11 is 3.24. The summed E-state index contributed by atoms with van der Waals surface area (Å²) in [5.41, 5.74) is 0.376. The third-order valence-electron chi connectivity index (χ3n) is 3.24. The number of halogens is 1. The highest BCUT2D eigenvalue weighted by Gasteiger charge is 2.23. The van der Waals surface area contributed by atoms with Gasteiger partial charge in [0.2, 0.25) is 0 Å². The number of carbonyl (C=O) groups is 1. The molecule has 98 valence electrons. The van der Waals surface area contributed by atoms with Crippen LogP contribution in [0.4, 0.5) is 0 Å². The van der Waals surface area contributed by atoms with Crippen LogP contribution in [0.2, 0.25) is 0 Å². The van der Waals surface area contributed by atoms with Gasteiger partial charge in [0.05, 0.1) is 12.1 Å². The molecule has 1 amide bonds. The first-order chi connectivity index (χ1) is 8.66. The number of hydrogen-bond acceptors (Lipinski definition) is 3. The Hall–Kier alpha value is -0.940. The van der Waals surface area contributed by atoms with E-state index in [0.29, 0.717) is 10.3 Å². The third-order valence-corrected chi connectivity index (χ3v) is 3.69. The molecule has 2 rings (SSSR count).